The lowest BCUT2D eigenvalue weighted by molar-refractivity contribution is 0.0592. The fraction of sp³-hybridized carbons (Fsp3) is 0.267. The highest BCUT2D eigenvalue weighted by Gasteiger charge is 2.23. The number of carbonyl (C=O) groups excluding carboxylic acids is 1. The van der Waals surface area contributed by atoms with Crippen molar-refractivity contribution in [2.24, 2.45) is 0 Å². The van der Waals surface area contributed by atoms with Crippen LogP contribution in [0.3, 0.4) is 0 Å². The maximum absolute atomic E-state index is 13.4. The van der Waals surface area contributed by atoms with E-state index in [2.05, 4.69) is 15.3 Å². The maximum atomic E-state index is 13.4. The molecule has 0 fully saturated rings. The Kier molecular flexibility index (Phi) is 3.62. The second-order valence-corrected chi connectivity index (χ2v) is 4.75. The molecule has 2 heterocycles. The van der Waals surface area contributed by atoms with Gasteiger partial charge in [0.2, 0.25) is 0 Å². The number of nitrogens with one attached hydrogen (secondary N) is 1. The maximum Gasteiger partial charge on any atom is 0.357 e. The van der Waals surface area contributed by atoms with Crippen molar-refractivity contribution in [3.05, 3.63) is 47.0 Å². The largest absolute Gasteiger partial charge is 0.464 e. The quantitative estimate of drug-likeness (QED) is 0.852. The molecule has 2 aromatic rings. The molecule has 1 aliphatic rings. The molecule has 0 amide bonds. The molecule has 1 N–H and O–H groups in total. The summed E-state index contributed by atoms with van der Waals surface area (Å²) in [4.78, 5) is 20.7. The third-order valence-corrected chi connectivity index (χ3v) is 3.40. The highest BCUT2D eigenvalue weighted by Crippen LogP contribution is 2.22. The van der Waals surface area contributed by atoms with Crippen LogP contribution in [0.5, 0.6) is 0 Å². The second kappa shape index (κ2) is 5.57. The summed E-state index contributed by atoms with van der Waals surface area (Å²) in [6, 6.07) is 6.00. The molecule has 1 aromatic carbocycles. The van der Waals surface area contributed by atoms with Crippen molar-refractivity contribution in [3.63, 3.8) is 0 Å². The minimum atomic E-state index is -0.492. The van der Waals surface area contributed by atoms with Gasteiger partial charge in [0, 0.05) is 17.7 Å². The first-order valence-electron chi connectivity index (χ1n) is 6.64. The van der Waals surface area contributed by atoms with Crippen molar-refractivity contribution < 1.29 is 13.9 Å². The zero-order chi connectivity index (χ0) is 14.8. The summed E-state index contributed by atoms with van der Waals surface area (Å²) >= 11 is 0. The van der Waals surface area contributed by atoms with Gasteiger partial charge in [-0.15, -0.1) is 0 Å². The lowest BCUT2D eigenvalue weighted by atomic mass is 10.0. The van der Waals surface area contributed by atoms with Crippen LogP contribution in [-0.4, -0.2) is 29.6 Å². The Bertz CT molecular complexity index is 703. The number of ether oxygens (including phenoxy) is 1. The Morgan fingerprint density at radius 1 is 1.38 bits per heavy atom. The Labute approximate surface area is 121 Å². The SMILES string of the molecule is COC(=O)c1nc(-c2cccc(F)c2)nc2c1CCNC2. The van der Waals surface area contributed by atoms with Gasteiger partial charge in [-0.3, -0.25) is 0 Å². The summed E-state index contributed by atoms with van der Waals surface area (Å²) in [5.74, 6) is -0.530. The average molecular weight is 287 g/mol. The smallest absolute Gasteiger partial charge is 0.357 e. The van der Waals surface area contributed by atoms with Crippen molar-refractivity contribution in [1.82, 2.24) is 15.3 Å². The van der Waals surface area contributed by atoms with Gasteiger partial charge in [-0.1, -0.05) is 12.1 Å². The first-order valence-corrected chi connectivity index (χ1v) is 6.64. The number of nitrogens with zero attached hydrogens (tertiary/aromatic N) is 2. The molecule has 6 heteroatoms. The lowest BCUT2D eigenvalue weighted by Crippen LogP contribution is -2.28. The van der Waals surface area contributed by atoms with E-state index in [1.165, 1.54) is 19.2 Å². The molecule has 0 radical (unpaired) electrons. The van der Waals surface area contributed by atoms with Gasteiger partial charge < -0.3 is 10.1 Å². The van der Waals surface area contributed by atoms with Gasteiger partial charge >= 0.3 is 5.97 Å². The number of methoxy groups -OCH3 is 1. The average Bonchev–Trinajstić information content (AvgIpc) is 2.53. The minimum absolute atomic E-state index is 0.267. The van der Waals surface area contributed by atoms with E-state index in [1.54, 1.807) is 12.1 Å². The third-order valence-electron chi connectivity index (χ3n) is 3.40. The molecule has 5 nitrogen and oxygen atoms in total. The first kappa shape index (κ1) is 13.6. The number of aromatic nitrogens is 2. The number of rotatable bonds is 2. The van der Waals surface area contributed by atoms with Crippen molar-refractivity contribution in [1.29, 1.82) is 0 Å². The van der Waals surface area contributed by atoms with E-state index >= 15 is 0 Å². The number of halogens is 1. The first-order chi connectivity index (χ1) is 10.2. The number of carbonyl (C=O) groups is 1. The topological polar surface area (TPSA) is 64.1 Å². The van der Waals surface area contributed by atoms with Crippen LogP contribution in [0.4, 0.5) is 4.39 Å². The van der Waals surface area contributed by atoms with Gasteiger partial charge in [-0.2, -0.15) is 0 Å². The molecule has 21 heavy (non-hydrogen) atoms. The van der Waals surface area contributed by atoms with Crippen LogP contribution in [0, 0.1) is 5.82 Å². The summed E-state index contributed by atoms with van der Waals surface area (Å²) in [7, 11) is 1.32. The number of hydrogen-bond acceptors (Lipinski definition) is 5. The summed E-state index contributed by atoms with van der Waals surface area (Å²) in [6.45, 7) is 1.32. The summed E-state index contributed by atoms with van der Waals surface area (Å²) in [5, 5.41) is 3.20. The van der Waals surface area contributed by atoms with E-state index in [0.29, 0.717) is 24.4 Å². The Balaban J connectivity index is 2.16. The van der Waals surface area contributed by atoms with Crippen LogP contribution >= 0.6 is 0 Å². The third kappa shape index (κ3) is 2.62. The summed E-state index contributed by atoms with van der Waals surface area (Å²) < 4.78 is 18.2. The van der Waals surface area contributed by atoms with Gasteiger partial charge in [0.05, 0.1) is 12.8 Å². The number of benzene rings is 1. The van der Waals surface area contributed by atoms with E-state index < -0.39 is 5.97 Å². The van der Waals surface area contributed by atoms with E-state index in [1.807, 2.05) is 0 Å². The van der Waals surface area contributed by atoms with Crippen molar-refractivity contribution in [3.8, 4) is 11.4 Å². The van der Waals surface area contributed by atoms with Crippen molar-refractivity contribution in [2.45, 2.75) is 13.0 Å². The second-order valence-electron chi connectivity index (χ2n) is 4.75. The Hall–Kier alpha value is -2.34. The molecule has 3 rings (SSSR count). The monoisotopic (exact) mass is 287 g/mol. The highest BCUT2D eigenvalue weighted by molar-refractivity contribution is 5.89. The predicted molar refractivity (Wildman–Crippen MR) is 74.2 cm³/mol. The molecular formula is C15H14FN3O2. The molecule has 0 spiro atoms. The standard InChI is InChI=1S/C15H14FN3O2/c1-21-15(20)13-11-5-6-17-8-12(11)18-14(19-13)9-3-2-4-10(16)7-9/h2-4,7,17H,5-6,8H2,1H3. The molecule has 0 aliphatic carbocycles. The number of hydrogen-bond donors (Lipinski definition) is 1. The molecule has 108 valence electrons. The van der Waals surface area contributed by atoms with Gasteiger partial charge in [0.15, 0.2) is 11.5 Å². The van der Waals surface area contributed by atoms with Crippen molar-refractivity contribution >= 4 is 5.97 Å². The normalized spacial score (nSPS) is 13.6. The fourth-order valence-corrected chi connectivity index (χ4v) is 2.38. The highest BCUT2D eigenvalue weighted by atomic mass is 19.1. The van der Waals surface area contributed by atoms with Crippen LogP contribution in [-0.2, 0) is 17.7 Å². The van der Waals surface area contributed by atoms with Crippen LogP contribution in [0.15, 0.2) is 24.3 Å². The molecule has 1 aromatic heterocycles. The summed E-state index contributed by atoms with van der Waals surface area (Å²) in [5.41, 5.74) is 2.37. The molecule has 0 saturated carbocycles. The molecule has 1 aliphatic heterocycles. The zero-order valence-corrected chi connectivity index (χ0v) is 11.5. The van der Waals surface area contributed by atoms with E-state index in [-0.39, 0.29) is 11.5 Å². The lowest BCUT2D eigenvalue weighted by Gasteiger charge is -2.19. The molecule has 0 atom stereocenters. The minimum Gasteiger partial charge on any atom is -0.464 e. The number of esters is 1. The molecule has 0 unspecified atom stereocenters. The van der Waals surface area contributed by atoms with Gasteiger partial charge in [0.1, 0.15) is 5.82 Å². The van der Waals surface area contributed by atoms with Gasteiger partial charge in [-0.25, -0.2) is 19.2 Å². The molecule has 0 saturated heterocycles. The Morgan fingerprint density at radius 3 is 3.00 bits per heavy atom. The van der Waals surface area contributed by atoms with Crippen LogP contribution in [0.25, 0.3) is 11.4 Å². The molecular weight excluding hydrogens is 273 g/mol. The summed E-state index contributed by atoms with van der Waals surface area (Å²) in [6.07, 6.45) is 0.670. The van der Waals surface area contributed by atoms with Crippen molar-refractivity contribution in [2.75, 3.05) is 13.7 Å². The predicted octanol–water partition coefficient (Wildman–Crippen LogP) is 1.71. The van der Waals surface area contributed by atoms with Crippen LogP contribution in [0.2, 0.25) is 0 Å². The Morgan fingerprint density at radius 2 is 2.24 bits per heavy atom. The van der Waals surface area contributed by atoms with E-state index in [9.17, 15) is 9.18 Å². The fourth-order valence-electron chi connectivity index (χ4n) is 2.38. The van der Waals surface area contributed by atoms with Gasteiger partial charge in [0.25, 0.3) is 0 Å². The van der Waals surface area contributed by atoms with Gasteiger partial charge in [-0.05, 0) is 25.1 Å². The van der Waals surface area contributed by atoms with Crippen LogP contribution in [0.1, 0.15) is 21.7 Å². The zero-order valence-electron chi connectivity index (χ0n) is 11.5. The molecule has 0 bridgehead atoms. The number of fused-ring (bicyclic) bond motifs is 1. The van der Waals surface area contributed by atoms with E-state index in [4.69, 9.17) is 4.74 Å². The van der Waals surface area contributed by atoms with E-state index in [0.717, 1.165) is 17.8 Å². The van der Waals surface area contributed by atoms with Crippen LogP contribution < -0.4 is 5.32 Å².